The molecular weight excluding hydrogens is 268 g/mol. The molecule has 2 aromatic heterocycles. The zero-order valence-electron chi connectivity index (χ0n) is 10.3. The van der Waals surface area contributed by atoms with Gasteiger partial charge in [-0.05, 0) is 6.92 Å². The van der Waals surface area contributed by atoms with Gasteiger partial charge in [0.05, 0.1) is 18.6 Å². The van der Waals surface area contributed by atoms with Crippen LogP contribution in [0.5, 0.6) is 0 Å². The normalized spacial score (nSPS) is 11.4. The van der Waals surface area contributed by atoms with Crippen molar-refractivity contribution in [1.82, 2.24) is 24.9 Å². The van der Waals surface area contributed by atoms with Crippen LogP contribution in [0.15, 0.2) is 29.7 Å². The van der Waals surface area contributed by atoms with Gasteiger partial charge >= 0.3 is 0 Å². The molecular formula is C10H14N6O2S. The topological polar surface area (TPSA) is 113 Å². The molecule has 0 aromatic carbocycles. The van der Waals surface area contributed by atoms with Crippen LogP contribution in [0.25, 0.3) is 0 Å². The minimum absolute atomic E-state index is 0.0256. The Kier molecular flexibility index (Phi) is 4.07. The predicted molar refractivity (Wildman–Crippen MR) is 68.8 cm³/mol. The second kappa shape index (κ2) is 5.76. The Morgan fingerprint density at radius 1 is 1.26 bits per heavy atom. The maximum Gasteiger partial charge on any atom is 0.243 e. The van der Waals surface area contributed by atoms with Gasteiger partial charge in [-0.1, -0.05) is 0 Å². The highest BCUT2D eigenvalue weighted by molar-refractivity contribution is 7.89. The number of H-pyrrole nitrogens is 1. The van der Waals surface area contributed by atoms with E-state index < -0.39 is 10.0 Å². The van der Waals surface area contributed by atoms with Gasteiger partial charge in [0, 0.05) is 24.8 Å². The van der Waals surface area contributed by atoms with E-state index in [0.29, 0.717) is 12.5 Å². The fraction of sp³-hybridized carbons (Fsp3) is 0.300. The largest absolute Gasteiger partial charge is 0.355 e. The van der Waals surface area contributed by atoms with Gasteiger partial charge in [0.25, 0.3) is 0 Å². The van der Waals surface area contributed by atoms with Gasteiger partial charge in [0.15, 0.2) is 0 Å². The first-order valence-corrected chi connectivity index (χ1v) is 7.13. The van der Waals surface area contributed by atoms with E-state index >= 15 is 0 Å². The number of anilines is 1. The Morgan fingerprint density at radius 3 is 2.58 bits per heavy atom. The van der Waals surface area contributed by atoms with E-state index in [9.17, 15) is 8.42 Å². The van der Waals surface area contributed by atoms with Crippen LogP contribution in [0.3, 0.4) is 0 Å². The highest BCUT2D eigenvalue weighted by atomic mass is 32.2. The van der Waals surface area contributed by atoms with E-state index in [0.717, 1.165) is 5.56 Å². The third-order valence-corrected chi connectivity index (χ3v) is 3.65. The monoisotopic (exact) mass is 282 g/mol. The molecule has 2 rings (SSSR count). The number of aromatic amines is 1. The summed E-state index contributed by atoms with van der Waals surface area (Å²) in [6.07, 6.45) is 5.70. The van der Waals surface area contributed by atoms with Crippen molar-refractivity contribution in [3.63, 3.8) is 0 Å². The summed E-state index contributed by atoms with van der Waals surface area (Å²) in [5.74, 6) is 0.399. The SMILES string of the molecule is CCNc1ncc(S(=O)(=O)NCc2cn[nH]c2)cn1. The molecule has 2 heterocycles. The summed E-state index contributed by atoms with van der Waals surface area (Å²) in [6, 6.07) is 0. The second-order valence-electron chi connectivity index (χ2n) is 3.70. The van der Waals surface area contributed by atoms with Gasteiger partial charge in [-0.15, -0.1) is 0 Å². The molecule has 0 atom stereocenters. The molecule has 0 amide bonds. The Hall–Kier alpha value is -2.00. The molecule has 19 heavy (non-hydrogen) atoms. The summed E-state index contributed by atoms with van der Waals surface area (Å²) in [6.45, 7) is 2.74. The molecule has 0 fully saturated rings. The lowest BCUT2D eigenvalue weighted by Gasteiger charge is -2.06. The lowest BCUT2D eigenvalue weighted by atomic mass is 10.4. The Labute approximate surface area is 110 Å². The molecule has 102 valence electrons. The van der Waals surface area contributed by atoms with Crippen molar-refractivity contribution < 1.29 is 8.42 Å². The van der Waals surface area contributed by atoms with Gasteiger partial charge in [-0.2, -0.15) is 5.10 Å². The zero-order chi connectivity index (χ0) is 13.7. The summed E-state index contributed by atoms with van der Waals surface area (Å²) < 4.78 is 26.3. The van der Waals surface area contributed by atoms with Gasteiger partial charge < -0.3 is 5.32 Å². The Balaban J connectivity index is 2.06. The lowest BCUT2D eigenvalue weighted by molar-refractivity contribution is 0.580. The molecule has 0 saturated carbocycles. The third-order valence-electron chi connectivity index (χ3n) is 2.29. The van der Waals surface area contributed by atoms with Crippen molar-refractivity contribution >= 4 is 16.0 Å². The number of sulfonamides is 1. The number of nitrogens with zero attached hydrogens (tertiary/aromatic N) is 3. The average molecular weight is 282 g/mol. The first-order chi connectivity index (χ1) is 9.12. The molecule has 0 aliphatic heterocycles. The maximum atomic E-state index is 12.0. The minimum Gasteiger partial charge on any atom is -0.355 e. The highest BCUT2D eigenvalue weighted by Crippen LogP contribution is 2.08. The van der Waals surface area contributed by atoms with Crippen LogP contribution >= 0.6 is 0 Å². The van der Waals surface area contributed by atoms with Crippen molar-refractivity contribution in [1.29, 1.82) is 0 Å². The number of hydrogen-bond acceptors (Lipinski definition) is 6. The van der Waals surface area contributed by atoms with E-state index in [-0.39, 0.29) is 11.4 Å². The molecule has 0 bridgehead atoms. The van der Waals surface area contributed by atoms with Crippen LogP contribution in [0.1, 0.15) is 12.5 Å². The Bertz CT molecular complexity index is 608. The molecule has 0 aliphatic rings. The molecule has 0 unspecified atom stereocenters. The van der Waals surface area contributed by atoms with Crippen molar-refractivity contribution in [2.24, 2.45) is 0 Å². The highest BCUT2D eigenvalue weighted by Gasteiger charge is 2.15. The van der Waals surface area contributed by atoms with Crippen LogP contribution < -0.4 is 10.0 Å². The quantitative estimate of drug-likeness (QED) is 0.693. The van der Waals surface area contributed by atoms with E-state index in [2.05, 4.69) is 30.2 Å². The number of aromatic nitrogens is 4. The summed E-state index contributed by atoms with van der Waals surface area (Å²) >= 11 is 0. The number of nitrogens with one attached hydrogen (secondary N) is 3. The first kappa shape index (κ1) is 13.4. The molecule has 0 aliphatic carbocycles. The lowest BCUT2D eigenvalue weighted by Crippen LogP contribution is -2.23. The van der Waals surface area contributed by atoms with Gasteiger partial charge in [0.1, 0.15) is 4.90 Å². The molecule has 8 nitrogen and oxygen atoms in total. The van der Waals surface area contributed by atoms with Crippen LogP contribution in [-0.4, -0.2) is 35.1 Å². The standard InChI is InChI=1S/C10H14N6O2S/c1-2-11-10-12-6-9(7-13-10)19(17,18)16-5-8-3-14-15-4-8/h3-4,6-7,16H,2,5H2,1H3,(H,14,15)(H,11,12,13). The zero-order valence-corrected chi connectivity index (χ0v) is 11.1. The van der Waals surface area contributed by atoms with E-state index in [1.165, 1.54) is 12.4 Å². The average Bonchev–Trinajstić information content (AvgIpc) is 2.91. The van der Waals surface area contributed by atoms with Crippen molar-refractivity contribution in [2.75, 3.05) is 11.9 Å². The fourth-order valence-electron chi connectivity index (χ4n) is 1.34. The molecule has 3 N–H and O–H groups in total. The third kappa shape index (κ3) is 3.48. The van der Waals surface area contributed by atoms with Gasteiger partial charge in [0.2, 0.25) is 16.0 Å². The van der Waals surface area contributed by atoms with Crippen LogP contribution in [0, 0.1) is 0 Å². The molecule has 0 spiro atoms. The summed E-state index contributed by atoms with van der Waals surface area (Å²) in [7, 11) is -3.61. The second-order valence-corrected chi connectivity index (χ2v) is 5.47. The van der Waals surface area contributed by atoms with Gasteiger partial charge in [-0.3, -0.25) is 5.10 Å². The minimum atomic E-state index is -3.61. The fourth-order valence-corrected chi connectivity index (χ4v) is 2.25. The van der Waals surface area contributed by atoms with E-state index in [4.69, 9.17) is 0 Å². The first-order valence-electron chi connectivity index (χ1n) is 5.65. The van der Waals surface area contributed by atoms with Crippen LogP contribution in [0.4, 0.5) is 5.95 Å². The number of hydrogen-bond donors (Lipinski definition) is 3. The maximum absolute atomic E-state index is 12.0. The van der Waals surface area contributed by atoms with E-state index in [1.54, 1.807) is 12.4 Å². The number of rotatable bonds is 6. The van der Waals surface area contributed by atoms with Crippen LogP contribution in [-0.2, 0) is 16.6 Å². The van der Waals surface area contributed by atoms with Crippen LogP contribution in [0.2, 0.25) is 0 Å². The molecule has 2 aromatic rings. The summed E-state index contributed by atoms with van der Waals surface area (Å²) in [5, 5.41) is 9.24. The van der Waals surface area contributed by atoms with Crippen molar-refractivity contribution in [2.45, 2.75) is 18.4 Å². The van der Waals surface area contributed by atoms with Gasteiger partial charge in [-0.25, -0.2) is 23.1 Å². The van der Waals surface area contributed by atoms with Crippen molar-refractivity contribution in [3.05, 3.63) is 30.4 Å². The molecule has 0 radical (unpaired) electrons. The Morgan fingerprint density at radius 2 is 2.00 bits per heavy atom. The molecule has 9 heteroatoms. The summed E-state index contributed by atoms with van der Waals surface area (Å²) in [4.78, 5) is 7.87. The van der Waals surface area contributed by atoms with Crippen molar-refractivity contribution in [3.8, 4) is 0 Å². The predicted octanol–water partition coefficient (Wildman–Crippen LogP) is 0.110. The molecule has 0 saturated heterocycles. The smallest absolute Gasteiger partial charge is 0.243 e. The summed E-state index contributed by atoms with van der Waals surface area (Å²) in [5.41, 5.74) is 0.744. The van der Waals surface area contributed by atoms with E-state index in [1.807, 2.05) is 6.92 Å².